The second-order valence-corrected chi connectivity index (χ2v) is 7.21. The molecule has 0 aliphatic carbocycles. The van der Waals surface area contributed by atoms with Gasteiger partial charge in [-0.3, -0.25) is 0 Å². The lowest BCUT2D eigenvalue weighted by Gasteiger charge is -2.07. The molecule has 1 aromatic carbocycles. The van der Waals surface area contributed by atoms with Crippen molar-refractivity contribution in [3.05, 3.63) is 57.9 Å². The van der Waals surface area contributed by atoms with Crippen LogP contribution in [0.4, 0.5) is 10.5 Å². The fourth-order valence-corrected chi connectivity index (χ4v) is 3.96. The van der Waals surface area contributed by atoms with Crippen LogP contribution in [0.25, 0.3) is 9.88 Å². The Bertz CT molecular complexity index is 809. The Morgan fingerprint density at radius 2 is 2.09 bits per heavy atom. The predicted molar refractivity (Wildman–Crippen MR) is 97.2 cm³/mol. The molecular formula is C17H17N3OS2. The Balaban J connectivity index is 1.61. The molecule has 6 heteroatoms. The smallest absolute Gasteiger partial charge is 0.319 e. The van der Waals surface area contributed by atoms with Gasteiger partial charge < -0.3 is 10.6 Å². The van der Waals surface area contributed by atoms with Gasteiger partial charge in [0.1, 0.15) is 5.01 Å². The molecule has 3 rings (SSSR count). The number of nitrogens with zero attached hydrogens (tertiary/aromatic N) is 1. The number of carbonyl (C=O) groups excluding carboxylic acids is 1. The van der Waals surface area contributed by atoms with Crippen LogP contribution in [0, 0.1) is 13.8 Å². The van der Waals surface area contributed by atoms with Crippen molar-refractivity contribution in [3.8, 4) is 9.88 Å². The molecule has 0 aliphatic heterocycles. The molecule has 118 valence electrons. The zero-order valence-electron chi connectivity index (χ0n) is 12.9. The highest BCUT2D eigenvalue weighted by Gasteiger charge is 2.11. The monoisotopic (exact) mass is 343 g/mol. The van der Waals surface area contributed by atoms with E-state index in [0.717, 1.165) is 31.7 Å². The number of aromatic nitrogens is 1. The fraction of sp³-hybridized carbons (Fsp3) is 0.176. The minimum atomic E-state index is -0.207. The number of thiophene rings is 1. The molecule has 2 N–H and O–H groups in total. The maximum Gasteiger partial charge on any atom is 0.319 e. The molecule has 2 aromatic heterocycles. The van der Waals surface area contributed by atoms with Crippen LogP contribution in [0.15, 0.2) is 41.8 Å². The number of urea groups is 1. The molecule has 0 fully saturated rings. The van der Waals surface area contributed by atoms with Crippen molar-refractivity contribution in [2.24, 2.45) is 0 Å². The van der Waals surface area contributed by atoms with Gasteiger partial charge >= 0.3 is 6.03 Å². The zero-order chi connectivity index (χ0) is 16.2. The van der Waals surface area contributed by atoms with E-state index in [4.69, 9.17) is 0 Å². The van der Waals surface area contributed by atoms with E-state index in [2.05, 4.69) is 21.7 Å². The summed E-state index contributed by atoms with van der Waals surface area (Å²) >= 11 is 3.30. The lowest BCUT2D eigenvalue weighted by molar-refractivity contribution is 0.252. The number of benzene rings is 1. The third-order valence-corrected chi connectivity index (χ3v) is 5.51. The van der Waals surface area contributed by atoms with Gasteiger partial charge in [0.05, 0.1) is 17.1 Å². The van der Waals surface area contributed by atoms with E-state index in [9.17, 15) is 4.79 Å². The van der Waals surface area contributed by atoms with Crippen LogP contribution in [0.3, 0.4) is 0 Å². The Hall–Kier alpha value is -2.18. The molecule has 2 heterocycles. The second kappa shape index (κ2) is 6.93. The third kappa shape index (κ3) is 3.97. The summed E-state index contributed by atoms with van der Waals surface area (Å²) in [5.74, 6) is 0. The summed E-state index contributed by atoms with van der Waals surface area (Å²) in [4.78, 5) is 18.8. The van der Waals surface area contributed by atoms with Crippen LogP contribution >= 0.6 is 22.7 Å². The van der Waals surface area contributed by atoms with Gasteiger partial charge in [0.25, 0.3) is 0 Å². The van der Waals surface area contributed by atoms with Gasteiger partial charge in [-0.25, -0.2) is 9.78 Å². The minimum absolute atomic E-state index is 0.207. The zero-order valence-corrected chi connectivity index (χ0v) is 14.6. The van der Waals surface area contributed by atoms with E-state index in [0.29, 0.717) is 6.54 Å². The number of aryl methyl sites for hydroxylation is 2. The summed E-state index contributed by atoms with van der Waals surface area (Å²) in [6.07, 6.45) is 0. The van der Waals surface area contributed by atoms with Crippen LogP contribution in [-0.2, 0) is 6.54 Å². The Morgan fingerprint density at radius 1 is 1.22 bits per heavy atom. The summed E-state index contributed by atoms with van der Waals surface area (Å²) < 4.78 is 0. The Morgan fingerprint density at radius 3 is 2.83 bits per heavy atom. The van der Waals surface area contributed by atoms with Gasteiger partial charge in [-0.05, 0) is 43.0 Å². The summed E-state index contributed by atoms with van der Waals surface area (Å²) in [6, 6.07) is 11.6. The molecule has 4 nitrogen and oxygen atoms in total. The first-order valence-corrected chi connectivity index (χ1v) is 8.93. The Labute approximate surface area is 143 Å². The number of carbonyl (C=O) groups is 1. The van der Waals surface area contributed by atoms with Crippen molar-refractivity contribution >= 4 is 34.4 Å². The highest BCUT2D eigenvalue weighted by Crippen LogP contribution is 2.30. The lowest BCUT2D eigenvalue weighted by Crippen LogP contribution is -2.28. The van der Waals surface area contributed by atoms with Crippen LogP contribution in [0.2, 0.25) is 0 Å². The third-order valence-electron chi connectivity index (χ3n) is 3.31. The van der Waals surface area contributed by atoms with Crippen molar-refractivity contribution in [1.82, 2.24) is 10.3 Å². The number of hydrogen-bond acceptors (Lipinski definition) is 4. The van der Waals surface area contributed by atoms with Gasteiger partial charge in [0.15, 0.2) is 0 Å². The van der Waals surface area contributed by atoms with E-state index in [1.54, 1.807) is 22.7 Å². The molecular weight excluding hydrogens is 326 g/mol. The van der Waals surface area contributed by atoms with Crippen LogP contribution in [0.5, 0.6) is 0 Å². The van der Waals surface area contributed by atoms with Gasteiger partial charge in [-0.15, -0.1) is 22.7 Å². The molecule has 0 aliphatic rings. The average Bonchev–Trinajstić information content (AvgIpc) is 3.14. The van der Waals surface area contributed by atoms with Crippen LogP contribution < -0.4 is 10.6 Å². The van der Waals surface area contributed by atoms with Gasteiger partial charge in [0, 0.05) is 10.6 Å². The SMILES string of the molecule is Cc1cccc(NC(=O)NCc2sc(-c3cccs3)nc2C)c1. The highest BCUT2D eigenvalue weighted by atomic mass is 32.1. The summed E-state index contributed by atoms with van der Waals surface area (Å²) in [5, 5.41) is 8.78. The average molecular weight is 343 g/mol. The van der Waals surface area contributed by atoms with E-state index < -0.39 is 0 Å². The number of rotatable bonds is 4. The first-order valence-electron chi connectivity index (χ1n) is 7.23. The summed E-state index contributed by atoms with van der Waals surface area (Å²) in [7, 11) is 0. The number of hydrogen-bond donors (Lipinski definition) is 2. The molecule has 23 heavy (non-hydrogen) atoms. The molecule has 0 saturated heterocycles. The maximum absolute atomic E-state index is 12.0. The van der Waals surface area contributed by atoms with Crippen molar-refractivity contribution in [2.45, 2.75) is 20.4 Å². The van der Waals surface area contributed by atoms with E-state index in [1.165, 1.54) is 0 Å². The molecule has 0 bridgehead atoms. The van der Waals surface area contributed by atoms with Gasteiger partial charge in [-0.2, -0.15) is 0 Å². The van der Waals surface area contributed by atoms with Crippen molar-refractivity contribution in [3.63, 3.8) is 0 Å². The van der Waals surface area contributed by atoms with Crippen molar-refractivity contribution in [1.29, 1.82) is 0 Å². The quantitative estimate of drug-likeness (QED) is 0.714. The number of nitrogens with one attached hydrogen (secondary N) is 2. The summed E-state index contributed by atoms with van der Waals surface area (Å²) in [6.45, 7) is 4.45. The molecule has 0 radical (unpaired) electrons. The molecule has 0 unspecified atom stereocenters. The topological polar surface area (TPSA) is 54.0 Å². The van der Waals surface area contributed by atoms with Crippen LogP contribution in [0.1, 0.15) is 16.1 Å². The van der Waals surface area contributed by atoms with E-state index >= 15 is 0 Å². The normalized spacial score (nSPS) is 10.5. The van der Waals surface area contributed by atoms with Crippen LogP contribution in [-0.4, -0.2) is 11.0 Å². The van der Waals surface area contributed by atoms with Crippen molar-refractivity contribution < 1.29 is 4.79 Å². The van der Waals surface area contributed by atoms with Gasteiger partial charge in [-0.1, -0.05) is 18.2 Å². The van der Waals surface area contributed by atoms with E-state index in [-0.39, 0.29) is 6.03 Å². The van der Waals surface area contributed by atoms with Crippen molar-refractivity contribution in [2.75, 3.05) is 5.32 Å². The Kier molecular flexibility index (Phi) is 4.73. The van der Waals surface area contributed by atoms with Gasteiger partial charge in [0.2, 0.25) is 0 Å². The molecule has 3 aromatic rings. The number of anilines is 1. The highest BCUT2D eigenvalue weighted by molar-refractivity contribution is 7.21. The first-order chi connectivity index (χ1) is 11.1. The fourth-order valence-electron chi connectivity index (χ4n) is 2.16. The molecule has 0 spiro atoms. The largest absolute Gasteiger partial charge is 0.333 e. The second-order valence-electron chi connectivity index (χ2n) is 5.18. The molecule has 2 amide bonds. The number of thiazole rings is 1. The predicted octanol–water partition coefficient (Wildman–Crippen LogP) is 4.81. The standard InChI is InChI=1S/C17H17N3OS2/c1-11-5-3-6-13(9-11)20-17(21)18-10-15-12(2)19-16(23-15)14-7-4-8-22-14/h3-9H,10H2,1-2H3,(H2,18,20,21). The van der Waals surface area contributed by atoms with E-state index in [1.807, 2.05) is 49.6 Å². The first kappa shape index (κ1) is 15.7. The molecule has 0 atom stereocenters. The maximum atomic E-state index is 12.0. The number of amides is 2. The summed E-state index contributed by atoms with van der Waals surface area (Å²) in [5.41, 5.74) is 2.87. The molecule has 0 saturated carbocycles. The lowest BCUT2D eigenvalue weighted by atomic mass is 10.2. The minimum Gasteiger partial charge on any atom is -0.333 e.